The number of nitrogens with zero attached hydrogens (tertiary/aromatic N) is 1. The molecule has 0 aliphatic heterocycles. The zero-order valence-electron chi connectivity index (χ0n) is 10.3. The maximum Gasteiger partial charge on any atom is 0.436 e. The first-order valence-corrected chi connectivity index (χ1v) is 6.16. The van der Waals surface area contributed by atoms with Crippen LogP contribution in [0.4, 0.5) is 4.79 Å². The molecule has 92 valence electrons. The van der Waals surface area contributed by atoms with Gasteiger partial charge in [-0.15, -0.1) is 0 Å². The average molecular weight is 246 g/mol. The van der Waals surface area contributed by atoms with Gasteiger partial charge in [-0.1, -0.05) is 18.7 Å². The number of amides is 2. The molecule has 0 radical (unpaired) electrons. The predicted octanol–water partition coefficient (Wildman–Crippen LogP) is 2.17. The highest BCUT2D eigenvalue weighted by molar-refractivity contribution is 8.13. The number of hydrogen-bond donors (Lipinski definition) is 1. The second-order valence-electron chi connectivity index (χ2n) is 4.00. The molecule has 0 saturated carbocycles. The van der Waals surface area contributed by atoms with Gasteiger partial charge < -0.3 is 10.1 Å². The molecule has 0 saturated heterocycles. The van der Waals surface area contributed by atoms with Gasteiger partial charge in [-0.25, -0.2) is 4.79 Å². The highest BCUT2D eigenvalue weighted by Gasteiger charge is 2.16. The largest absolute Gasteiger partial charge is 0.442 e. The third-order valence-corrected chi connectivity index (χ3v) is 1.93. The van der Waals surface area contributed by atoms with Crippen LogP contribution in [0.1, 0.15) is 34.1 Å². The van der Waals surface area contributed by atoms with Gasteiger partial charge in [0.15, 0.2) is 5.17 Å². The first-order chi connectivity index (χ1) is 7.28. The van der Waals surface area contributed by atoms with Crippen LogP contribution >= 0.6 is 11.8 Å². The monoisotopic (exact) mass is 246 g/mol. The van der Waals surface area contributed by atoms with E-state index in [1.165, 1.54) is 11.8 Å². The van der Waals surface area contributed by atoms with Crippen molar-refractivity contribution < 1.29 is 14.3 Å². The van der Waals surface area contributed by atoms with Crippen LogP contribution in [0.25, 0.3) is 0 Å². The summed E-state index contributed by atoms with van der Waals surface area (Å²) in [4.78, 5) is 26.1. The molecule has 0 atom stereocenters. The lowest BCUT2D eigenvalue weighted by atomic mass is 10.2. The Morgan fingerprint density at radius 3 is 2.31 bits per heavy atom. The van der Waals surface area contributed by atoms with Crippen molar-refractivity contribution in [2.45, 2.75) is 39.7 Å². The van der Waals surface area contributed by atoms with E-state index < -0.39 is 11.7 Å². The highest BCUT2D eigenvalue weighted by atomic mass is 32.2. The molecule has 6 heteroatoms. The molecular formula is C10H18N2O3S. The fourth-order valence-corrected chi connectivity index (χ4v) is 1.08. The van der Waals surface area contributed by atoms with Crippen molar-refractivity contribution in [3.8, 4) is 0 Å². The van der Waals surface area contributed by atoms with Crippen LogP contribution in [-0.4, -0.2) is 29.0 Å². The van der Waals surface area contributed by atoms with Gasteiger partial charge in [-0.3, -0.25) is 4.79 Å². The van der Waals surface area contributed by atoms with Gasteiger partial charge in [0, 0.05) is 6.42 Å². The summed E-state index contributed by atoms with van der Waals surface area (Å²) in [5.41, 5.74) is -0.584. The highest BCUT2D eigenvalue weighted by Crippen LogP contribution is 2.09. The molecule has 0 aromatic carbocycles. The molecular weight excluding hydrogens is 228 g/mol. The molecule has 0 aliphatic rings. The Kier molecular flexibility index (Phi) is 6.10. The van der Waals surface area contributed by atoms with Crippen molar-refractivity contribution in [1.29, 1.82) is 0 Å². The van der Waals surface area contributed by atoms with Gasteiger partial charge in [0.2, 0.25) is 5.91 Å². The molecule has 0 aromatic rings. The third kappa shape index (κ3) is 7.28. The van der Waals surface area contributed by atoms with Gasteiger partial charge in [0.1, 0.15) is 5.60 Å². The van der Waals surface area contributed by atoms with E-state index in [0.29, 0.717) is 6.42 Å². The first-order valence-electron chi connectivity index (χ1n) is 4.94. The minimum absolute atomic E-state index is 0.184. The molecule has 0 aromatic heterocycles. The summed E-state index contributed by atoms with van der Waals surface area (Å²) >= 11 is 1.19. The molecule has 2 amide bonds. The van der Waals surface area contributed by atoms with Crippen LogP contribution in [0.5, 0.6) is 0 Å². The number of thioether (sulfide) groups is 1. The molecule has 1 N–H and O–H groups in total. The minimum atomic E-state index is -0.701. The number of amidine groups is 1. The molecule has 0 unspecified atom stereocenters. The van der Waals surface area contributed by atoms with Crippen molar-refractivity contribution in [1.82, 2.24) is 5.32 Å². The first kappa shape index (κ1) is 15.0. The topological polar surface area (TPSA) is 67.8 Å². The Morgan fingerprint density at radius 1 is 1.38 bits per heavy atom. The third-order valence-electron chi connectivity index (χ3n) is 1.35. The van der Waals surface area contributed by atoms with E-state index in [1.807, 2.05) is 0 Å². The summed E-state index contributed by atoms with van der Waals surface area (Å²) in [6, 6.07) is 0. The molecule has 16 heavy (non-hydrogen) atoms. The van der Waals surface area contributed by atoms with Gasteiger partial charge in [-0.05, 0) is 27.0 Å². The van der Waals surface area contributed by atoms with E-state index in [9.17, 15) is 9.59 Å². The number of aliphatic imine (C=N–C) groups is 1. The van der Waals surface area contributed by atoms with Crippen LogP contribution in [0, 0.1) is 0 Å². The van der Waals surface area contributed by atoms with Gasteiger partial charge in [0.05, 0.1) is 0 Å². The maximum absolute atomic E-state index is 11.3. The summed E-state index contributed by atoms with van der Waals surface area (Å²) in [6.07, 6.45) is 1.36. The van der Waals surface area contributed by atoms with Gasteiger partial charge in [-0.2, -0.15) is 4.99 Å². The van der Waals surface area contributed by atoms with Crippen molar-refractivity contribution in [3.63, 3.8) is 0 Å². The molecule has 0 fully saturated rings. The molecule has 0 rings (SSSR count). The lowest BCUT2D eigenvalue weighted by Crippen LogP contribution is -2.29. The van der Waals surface area contributed by atoms with E-state index in [4.69, 9.17) is 4.74 Å². The van der Waals surface area contributed by atoms with E-state index >= 15 is 0 Å². The molecule has 0 spiro atoms. The smallest absolute Gasteiger partial charge is 0.436 e. The quantitative estimate of drug-likeness (QED) is 0.568. The van der Waals surface area contributed by atoms with Crippen LogP contribution in [0.3, 0.4) is 0 Å². The van der Waals surface area contributed by atoms with Crippen molar-refractivity contribution in [2.24, 2.45) is 4.99 Å². The Morgan fingerprint density at radius 2 is 1.94 bits per heavy atom. The normalized spacial score (nSPS) is 12.2. The molecule has 0 bridgehead atoms. The summed E-state index contributed by atoms with van der Waals surface area (Å²) in [5, 5.41) is 2.76. The SMILES string of the molecule is CCC(=O)NC(=NC(=O)OC(C)(C)C)SC. The Balaban J connectivity index is 4.46. The molecule has 0 heterocycles. The number of carbonyl (C=O) groups is 2. The van der Waals surface area contributed by atoms with Crippen LogP contribution < -0.4 is 5.32 Å². The zero-order chi connectivity index (χ0) is 12.8. The summed E-state index contributed by atoms with van der Waals surface area (Å²) in [5.74, 6) is -0.184. The maximum atomic E-state index is 11.3. The van der Waals surface area contributed by atoms with E-state index in [2.05, 4.69) is 10.3 Å². The van der Waals surface area contributed by atoms with E-state index in [0.717, 1.165) is 0 Å². The number of carbonyl (C=O) groups excluding carboxylic acids is 2. The summed E-state index contributed by atoms with van der Waals surface area (Å²) < 4.78 is 4.99. The Labute approximate surface area is 100 Å². The molecule has 5 nitrogen and oxygen atoms in total. The van der Waals surface area contributed by atoms with Crippen LogP contribution in [-0.2, 0) is 9.53 Å². The van der Waals surface area contributed by atoms with Gasteiger partial charge >= 0.3 is 6.09 Å². The van der Waals surface area contributed by atoms with E-state index in [-0.39, 0.29) is 11.1 Å². The van der Waals surface area contributed by atoms with E-state index in [1.54, 1.807) is 34.0 Å². The standard InChI is InChI=1S/C10H18N2O3S/c1-6-7(13)11-8(16-5)12-9(14)15-10(2,3)4/h6H2,1-5H3,(H,11,12,13,14). The lowest BCUT2D eigenvalue weighted by molar-refractivity contribution is -0.119. The average Bonchev–Trinajstić information content (AvgIpc) is 2.13. The van der Waals surface area contributed by atoms with Crippen LogP contribution in [0.15, 0.2) is 4.99 Å². The Hall–Kier alpha value is -1.04. The minimum Gasteiger partial charge on any atom is -0.442 e. The number of hydrogen-bond acceptors (Lipinski definition) is 4. The number of rotatable bonds is 1. The number of ether oxygens (including phenoxy) is 1. The second-order valence-corrected chi connectivity index (χ2v) is 4.80. The fraction of sp³-hybridized carbons (Fsp3) is 0.700. The predicted molar refractivity (Wildman–Crippen MR) is 65.6 cm³/mol. The molecule has 0 aliphatic carbocycles. The fourth-order valence-electron chi connectivity index (χ4n) is 0.700. The lowest BCUT2D eigenvalue weighted by Gasteiger charge is -2.17. The second kappa shape index (κ2) is 6.52. The number of nitrogens with one attached hydrogen (secondary N) is 1. The van der Waals surface area contributed by atoms with Crippen LogP contribution in [0.2, 0.25) is 0 Å². The van der Waals surface area contributed by atoms with Crippen molar-refractivity contribution in [2.75, 3.05) is 6.26 Å². The van der Waals surface area contributed by atoms with Gasteiger partial charge in [0.25, 0.3) is 0 Å². The Bertz CT molecular complexity index is 295. The van der Waals surface area contributed by atoms with Crippen molar-refractivity contribution in [3.05, 3.63) is 0 Å². The van der Waals surface area contributed by atoms with Crippen molar-refractivity contribution >= 4 is 28.9 Å². The summed E-state index contributed by atoms with van der Waals surface area (Å²) in [7, 11) is 0. The zero-order valence-corrected chi connectivity index (χ0v) is 11.1. The summed E-state index contributed by atoms with van der Waals surface area (Å²) in [6.45, 7) is 6.98.